The molecule has 0 aliphatic rings. The summed E-state index contributed by atoms with van der Waals surface area (Å²) in [7, 11) is 1.93. The average molecular weight is 204 g/mol. The molecule has 4 nitrogen and oxygen atoms in total. The number of aromatic nitrogens is 3. The molecule has 0 unspecified atom stereocenters. The highest BCUT2D eigenvalue weighted by Gasteiger charge is 2.07. The molecule has 0 aliphatic heterocycles. The van der Waals surface area contributed by atoms with Gasteiger partial charge in [-0.3, -0.25) is 0 Å². The van der Waals surface area contributed by atoms with E-state index in [1.54, 1.807) is 0 Å². The highest BCUT2D eigenvalue weighted by Crippen LogP contribution is 2.16. The average Bonchev–Trinajstić information content (AvgIpc) is 2.61. The van der Waals surface area contributed by atoms with E-state index in [-0.39, 0.29) is 0 Å². The third-order valence-electron chi connectivity index (χ3n) is 2.36. The summed E-state index contributed by atoms with van der Waals surface area (Å²) in [4.78, 5) is 4.44. The van der Waals surface area contributed by atoms with Gasteiger partial charge >= 0.3 is 0 Å². The standard InChI is InChI=1S/C11H16N4/c1-8(2)15-11-10(7-14-15)4-9(5-12-3)6-13-11/h4,6-8,12H,5H2,1-3H3. The molecule has 0 saturated carbocycles. The van der Waals surface area contributed by atoms with E-state index in [4.69, 9.17) is 0 Å². The first-order valence-corrected chi connectivity index (χ1v) is 5.19. The second-order valence-electron chi connectivity index (χ2n) is 3.97. The van der Waals surface area contributed by atoms with Crippen molar-refractivity contribution >= 4 is 11.0 Å². The Balaban J connectivity index is 2.47. The van der Waals surface area contributed by atoms with Gasteiger partial charge in [0.05, 0.1) is 6.20 Å². The van der Waals surface area contributed by atoms with Gasteiger partial charge in [-0.1, -0.05) is 0 Å². The van der Waals surface area contributed by atoms with Gasteiger partial charge in [0.2, 0.25) is 0 Å². The molecule has 2 heterocycles. The number of nitrogens with zero attached hydrogens (tertiary/aromatic N) is 3. The lowest BCUT2D eigenvalue weighted by atomic mass is 10.2. The largest absolute Gasteiger partial charge is 0.316 e. The van der Waals surface area contributed by atoms with Crippen LogP contribution in [0.3, 0.4) is 0 Å². The Morgan fingerprint density at radius 2 is 2.20 bits per heavy atom. The van der Waals surface area contributed by atoms with Crippen LogP contribution in [0.15, 0.2) is 18.5 Å². The number of pyridine rings is 1. The summed E-state index contributed by atoms with van der Waals surface area (Å²) in [5, 5.41) is 8.55. The summed E-state index contributed by atoms with van der Waals surface area (Å²) < 4.78 is 1.94. The Kier molecular flexibility index (Phi) is 2.68. The van der Waals surface area contributed by atoms with E-state index in [0.29, 0.717) is 6.04 Å². The van der Waals surface area contributed by atoms with Gasteiger partial charge in [0.1, 0.15) is 0 Å². The van der Waals surface area contributed by atoms with Gasteiger partial charge in [-0.25, -0.2) is 9.67 Å². The summed E-state index contributed by atoms with van der Waals surface area (Å²) in [5.41, 5.74) is 2.15. The molecule has 0 fully saturated rings. The SMILES string of the molecule is CNCc1cnc2c(cnn2C(C)C)c1. The van der Waals surface area contributed by atoms with E-state index in [0.717, 1.165) is 17.6 Å². The zero-order chi connectivity index (χ0) is 10.8. The van der Waals surface area contributed by atoms with Gasteiger partial charge in [-0.15, -0.1) is 0 Å². The molecular weight excluding hydrogens is 188 g/mol. The molecule has 0 radical (unpaired) electrons. The summed E-state index contributed by atoms with van der Waals surface area (Å²) >= 11 is 0. The van der Waals surface area contributed by atoms with Crippen molar-refractivity contribution in [2.24, 2.45) is 0 Å². The van der Waals surface area contributed by atoms with Gasteiger partial charge in [0.25, 0.3) is 0 Å². The van der Waals surface area contributed by atoms with Crippen LogP contribution in [0.25, 0.3) is 11.0 Å². The third kappa shape index (κ3) is 1.85. The molecule has 0 saturated heterocycles. The number of fused-ring (bicyclic) bond motifs is 1. The van der Waals surface area contributed by atoms with Crippen molar-refractivity contribution in [1.29, 1.82) is 0 Å². The number of nitrogens with one attached hydrogen (secondary N) is 1. The topological polar surface area (TPSA) is 42.7 Å². The zero-order valence-corrected chi connectivity index (χ0v) is 9.36. The molecule has 1 N–H and O–H groups in total. The molecule has 0 atom stereocenters. The predicted octanol–water partition coefficient (Wildman–Crippen LogP) is 1.73. The van der Waals surface area contributed by atoms with E-state index >= 15 is 0 Å². The van der Waals surface area contributed by atoms with Crippen molar-refractivity contribution in [1.82, 2.24) is 20.1 Å². The normalized spacial score (nSPS) is 11.5. The van der Waals surface area contributed by atoms with Gasteiger partial charge in [-0.2, -0.15) is 5.10 Å². The van der Waals surface area contributed by atoms with Crippen LogP contribution in [0.5, 0.6) is 0 Å². The van der Waals surface area contributed by atoms with Crippen molar-refractivity contribution in [3.63, 3.8) is 0 Å². The van der Waals surface area contributed by atoms with E-state index in [2.05, 4.69) is 35.3 Å². The monoisotopic (exact) mass is 204 g/mol. The highest BCUT2D eigenvalue weighted by atomic mass is 15.3. The Bertz CT molecular complexity index is 459. The number of hydrogen-bond acceptors (Lipinski definition) is 3. The maximum atomic E-state index is 4.44. The van der Waals surface area contributed by atoms with Crippen LogP contribution >= 0.6 is 0 Å². The van der Waals surface area contributed by atoms with Crippen molar-refractivity contribution in [3.8, 4) is 0 Å². The third-order valence-corrected chi connectivity index (χ3v) is 2.36. The van der Waals surface area contributed by atoms with Crippen molar-refractivity contribution in [2.45, 2.75) is 26.4 Å². The Hall–Kier alpha value is -1.42. The lowest BCUT2D eigenvalue weighted by Crippen LogP contribution is -2.06. The predicted molar refractivity (Wildman–Crippen MR) is 60.7 cm³/mol. The number of hydrogen-bond donors (Lipinski definition) is 1. The van der Waals surface area contributed by atoms with Crippen LogP contribution in [-0.4, -0.2) is 21.8 Å². The zero-order valence-electron chi connectivity index (χ0n) is 9.36. The Morgan fingerprint density at radius 1 is 1.40 bits per heavy atom. The molecule has 0 spiro atoms. The fourth-order valence-corrected chi connectivity index (χ4v) is 1.66. The molecule has 0 bridgehead atoms. The van der Waals surface area contributed by atoms with E-state index in [1.807, 2.05) is 24.1 Å². The minimum atomic E-state index is 0.352. The second kappa shape index (κ2) is 3.98. The molecular formula is C11H16N4. The van der Waals surface area contributed by atoms with Crippen LogP contribution in [0, 0.1) is 0 Å². The van der Waals surface area contributed by atoms with Crippen LogP contribution in [0.1, 0.15) is 25.5 Å². The molecule has 4 heteroatoms. The molecule has 2 rings (SSSR count). The second-order valence-corrected chi connectivity index (χ2v) is 3.97. The van der Waals surface area contributed by atoms with Crippen LogP contribution in [-0.2, 0) is 6.54 Å². The fraction of sp³-hybridized carbons (Fsp3) is 0.455. The molecule has 2 aromatic rings. The van der Waals surface area contributed by atoms with Crippen LogP contribution < -0.4 is 5.32 Å². The summed E-state index contributed by atoms with van der Waals surface area (Å²) in [6, 6.07) is 2.48. The first-order chi connectivity index (χ1) is 7.22. The van der Waals surface area contributed by atoms with E-state index in [1.165, 1.54) is 5.56 Å². The fourth-order valence-electron chi connectivity index (χ4n) is 1.66. The first kappa shape index (κ1) is 10.1. The molecule has 80 valence electrons. The highest BCUT2D eigenvalue weighted by molar-refractivity contribution is 5.75. The van der Waals surface area contributed by atoms with Gasteiger partial charge in [0.15, 0.2) is 5.65 Å². The number of rotatable bonds is 3. The molecule has 0 aliphatic carbocycles. The van der Waals surface area contributed by atoms with Gasteiger partial charge < -0.3 is 5.32 Å². The van der Waals surface area contributed by atoms with Crippen LogP contribution in [0.2, 0.25) is 0 Å². The maximum absolute atomic E-state index is 4.44. The molecule has 0 aromatic carbocycles. The van der Waals surface area contributed by atoms with E-state index in [9.17, 15) is 0 Å². The van der Waals surface area contributed by atoms with Gasteiger partial charge in [-0.05, 0) is 32.5 Å². The summed E-state index contributed by atoms with van der Waals surface area (Å²) in [6.45, 7) is 5.06. The smallest absolute Gasteiger partial charge is 0.157 e. The van der Waals surface area contributed by atoms with Crippen molar-refractivity contribution in [2.75, 3.05) is 7.05 Å². The Morgan fingerprint density at radius 3 is 2.87 bits per heavy atom. The maximum Gasteiger partial charge on any atom is 0.157 e. The van der Waals surface area contributed by atoms with E-state index < -0.39 is 0 Å². The minimum Gasteiger partial charge on any atom is -0.316 e. The van der Waals surface area contributed by atoms with Gasteiger partial charge in [0, 0.05) is 24.2 Å². The minimum absolute atomic E-state index is 0.352. The summed E-state index contributed by atoms with van der Waals surface area (Å²) in [5.74, 6) is 0. The van der Waals surface area contributed by atoms with Crippen LogP contribution in [0.4, 0.5) is 0 Å². The quantitative estimate of drug-likeness (QED) is 0.828. The first-order valence-electron chi connectivity index (χ1n) is 5.19. The lowest BCUT2D eigenvalue weighted by Gasteiger charge is -2.06. The molecule has 0 amide bonds. The summed E-state index contributed by atoms with van der Waals surface area (Å²) in [6.07, 6.45) is 3.78. The molecule has 15 heavy (non-hydrogen) atoms. The molecule has 2 aromatic heterocycles. The van der Waals surface area contributed by atoms with Crippen molar-refractivity contribution < 1.29 is 0 Å². The Labute approximate surface area is 89.3 Å². The van der Waals surface area contributed by atoms with Crippen molar-refractivity contribution in [3.05, 3.63) is 24.0 Å². The lowest BCUT2D eigenvalue weighted by molar-refractivity contribution is 0.546.